The first-order chi connectivity index (χ1) is 18.5. The normalized spacial score (nSPS) is 15.7. The highest BCUT2D eigenvalue weighted by Crippen LogP contribution is 2.35. The van der Waals surface area contributed by atoms with Gasteiger partial charge in [-0.3, -0.25) is 19.8 Å². The van der Waals surface area contributed by atoms with Gasteiger partial charge in [0, 0.05) is 49.4 Å². The van der Waals surface area contributed by atoms with Crippen LogP contribution in [-0.4, -0.2) is 60.8 Å². The summed E-state index contributed by atoms with van der Waals surface area (Å²) in [5.41, 5.74) is 1.55. The molecule has 0 aromatic heterocycles. The number of amides is 3. The van der Waals surface area contributed by atoms with Crippen molar-refractivity contribution in [3.63, 3.8) is 0 Å². The second kappa shape index (κ2) is 11.6. The Kier molecular flexibility index (Phi) is 8.22. The van der Waals surface area contributed by atoms with Crippen molar-refractivity contribution < 1.29 is 28.8 Å². The van der Waals surface area contributed by atoms with Gasteiger partial charge in [-0.05, 0) is 51.8 Å². The van der Waals surface area contributed by atoms with Gasteiger partial charge in [0.1, 0.15) is 17.9 Å². The van der Waals surface area contributed by atoms with Gasteiger partial charge in [-0.2, -0.15) is 0 Å². The molecule has 39 heavy (non-hydrogen) atoms. The number of carbonyl (C=O) groups excluding carboxylic acids is 3. The van der Waals surface area contributed by atoms with Gasteiger partial charge in [0.15, 0.2) is 0 Å². The summed E-state index contributed by atoms with van der Waals surface area (Å²) in [7, 11) is 0. The first-order valence-corrected chi connectivity index (χ1v) is 12.9. The van der Waals surface area contributed by atoms with Gasteiger partial charge < -0.3 is 25.0 Å². The van der Waals surface area contributed by atoms with Crippen LogP contribution in [0, 0.1) is 10.1 Å². The Balaban J connectivity index is 1.36. The quantitative estimate of drug-likeness (QED) is 0.306. The fraction of sp³-hybridized carbons (Fsp3) is 0.444. The summed E-state index contributed by atoms with van der Waals surface area (Å²) < 4.78 is 10.5. The smallest absolute Gasteiger partial charge is 0.414 e. The fourth-order valence-corrected chi connectivity index (χ4v) is 4.72. The van der Waals surface area contributed by atoms with E-state index in [0.29, 0.717) is 31.6 Å². The Morgan fingerprint density at radius 1 is 1.08 bits per heavy atom. The van der Waals surface area contributed by atoms with Crippen LogP contribution >= 0.6 is 0 Å². The van der Waals surface area contributed by atoms with Crippen LogP contribution in [0.5, 0.6) is 0 Å². The molecule has 12 heteroatoms. The Labute approximate surface area is 226 Å². The zero-order chi connectivity index (χ0) is 28.2. The SMILES string of the molecule is CC(C)(C)OC(=O)NCCNC(=O)c1ccc(N2CCC(N3C(=O)OCc4ccccc43)CC2)c([N+](=O)[O-])c1. The van der Waals surface area contributed by atoms with Crippen LogP contribution in [0.25, 0.3) is 0 Å². The average Bonchev–Trinajstić information content (AvgIpc) is 2.90. The molecular formula is C27H33N5O7. The van der Waals surface area contributed by atoms with Gasteiger partial charge in [-0.1, -0.05) is 18.2 Å². The highest BCUT2D eigenvalue weighted by atomic mass is 16.6. The van der Waals surface area contributed by atoms with Gasteiger partial charge in [-0.15, -0.1) is 0 Å². The largest absolute Gasteiger partial charge is 0.444 e. The molecule has 208 valence electrons. The molecule has 2 aliphatic rings. The van der Waals surface area contributed by atoms with Crippen LogP contribution in [0.1, 0.15) is 49.5 Å². The van der Waals surface area contributed by atoms with Gasteiger partial charge in [-0.25, -0.2) is 9.59 Å². The number of para-hydroxylation sites is 1. The third-order valence-electron chi connectivity index (χ3n) is 6.48. The zero-order valence-electron chi connectivity index (χ0n) is 22.3. The summed E-state index contributed by atoms with van der Waals surface area (Å²) in [6, 6.07) is 11.9. The second-order valence-electron chi connectivity index (χ2n) is 10.4. The van der Waals surface area contributed by atoms with Gasteiger partial charge in [0.05, 0.1) is 10.6 Å². The third kappa shape index (κ3) is 6.75. The minimum atomic E-state index is -0.631. The summed E-state index contributed by atoms with van der Waals surface area (Å²) in [5.74, 6) is -0.489. The lowest BCUT2D eigenvalue weighted by molar-refractivity contribution is -0.384. The highest BCUT2D eigenvalue weighted by molar-refractivity contribution is 5.96. The van der Waals surface area contributed by atoms with Gasteiger partial charge in [0.2, 0.25) is 0 Å². The molecule has 2 aliphatic heterocycles. The molecule has 3 amide bonds. The summed E-state index contributed by atoms with van der Waals surface area (Å²) in [6.45, 7) is 6.76. The van der Waals surface area contributed by atoms with Crippen molar-refractivity contribution in [1.82, 2.24) is 10.6 Å². The Hall–Kier alpha value is -4.35. The molecule has 4 rings (SSSR count). The topological polar surface area (TPSA) is 143 Å². The van der Waals surface area contributed by atoms with Crippen LogP contribution in [0.2, 0.25) is 0 Å². The van der Waals surface area contributed by atoms with E-state index in [1.54, 1.807) is 37.8 Å². The maximum absolute atomic E-state index is 12.6. The summed E-state index contributed by atoms with van der Waals surface area (Å²) in [6.07, 6.45) is 0.234. The van der Waals surface area contributed by atoms with Crippen molar-refractivity contribution in [3.8, 4) is 0 Å². The molecule has 2 N–H and O–H groups in total. The lowest BCUT2D eigenvalue weighted by Crippen LogP contribution is -2.49. The molecule has 0 radical (unpaired) electrons. The summed E-state index contributed by atoms with van der Waals surface area (Å²) in [5, 5.41) is 17.1. The van der Waals surface area contributed by atoms with E-state index < -0.39 is 22.5 Å². The number of rotatable bonds is 7. The van der Waals surface area contributed by atoms with Crippen molar-refractivity contribution in [2.24, 2.45) is 0 Å². The number of ether oxygens (including phenoxy) is 2. The average molecular weight is 540 g/mol. The predicted molar refractivity (Wildman–Crippen MR) is 144 cm³/mol. The lowest BCUT2D eigenvalue weighted by Gasteiger charge is -2.40. The summed E-state index contributed by atoms with van der Waals surface area (Å²) in [4.78, 5) is 51.9. The molecule has 2 heterocycles. The number of nitrogens with one attached hydrogen (secondary N) is 2. The number of nitro benzene ring substituents is 1. The Morgan fingerprint density at radius 3 is 2.46 bits per heavy atom. The number of nitro groups is 1. The fourth-order valence-electron chi connectivity index (χ4n) is 4.72. The molecule has 0 bridgehead atoms. The number of piperidine rings is 1. The minimum Gasteiger partial charge on any atom is -0.444 e. The Morgan fingerprint density at radius 2 is 1.77 bits per heavy atom. The molecule has 2 aromatic carbocycles. The first kappa shape index (κ1) is 27.7. The molecular weight excluding hydrogens is 506 g/mol. The molecule has 0 saturated carbocycles. The van der Waals surface area contributed by atoms with Gasteiger partial charge in [0.25, 0.3) is 11.6 Å². The van der Waals surface area contributed by atoms with Crippen LogP contribution in [0.4, 0.5) is 26.7 Å². The molecule has 1 saturated heterocycles. The zero-order valence-corrected chi connectivity index (χ0v) is 22.3. The number of carbonyl (C=O) groups is 3. The van der Waals surface area contributed by atoms with E-state index in [2.05, 4.69) is 10.6 Å². The number of alkyl carbamates (subject to hydrolysis) is 1. The predicted octanol–water partition coefficient (Wildman–Crippen LogP) is 3.97. The number of fused-ring (bicyclic) bond motifs is 1. The molecule has 0 spiro atoms. The third-order valence-corrected chi connectivity index (χ3v) is 6.48. The van der Waals surface area contributed by atoms with Gasteiger partial charge >= 0.3 is 12.2 Å². The van der Waals surface area contributed by atoms with E-state index in [0.717, 1.165) is 11.3 Å². The maximum atomic E-state index is 12.6. The number of hydrogen-bond acceptors (Lipinski definition) is 8. The Bertz CT molecular complexity index is 1250. The van der Waals surface area contributed by atoms with E-state index in [4.69, 9.17) is 9.47 Å². The molecule has 2 aromatic rings. The van der Waals surface area contributed by atoms with Crippen molar-refractivity contribution in [1.29, 1.82) is 0 Å². The summed E-state index contributed by atoms with van der Waals surface area (Å²) >= 11 is 0. The monoisotopic (exact) mass is 539 g/mol. The minimum absolute atomic E-state index is 0.0893. The molecule has 0 aliphatic carbocycles. The molecule has 1 fully saturated rings. The van der Waals surface area contributed by atoms with Crippen LogP contribution in [0.3, 0.4) is 0 Å². The van der Waals surface area contributed by atoms with Crippen LogP contribution < -0.4 is 20.4 Å². The molecule has 0 unspecified atom stereocenters. The molecule has 0 atom stereocenters. The maximum Gasteiger partial charge on any atom is 0.414 e. The van der Waals surface area contributed by atoms with E-state index in [1.165, 1.54) is 6.07 Å². The number of cyclic esters (lactones) is 1. The van der Waals surface area contributed by atoms with E-state index in [1.807, 2.05) is 29.2 Å². The number of hydrogen-bond donors (Lipinski definition) is 2. The molecule has 12 nitrogen and oxygen atoms in total. The van der Waals surface area contributed by atoms with Crippen molar-refractivity contribution in [2.75, 3.05) is 36.0 Å². The first-order valence-electron chi connectivity index (χ1n) is 12.9. The lowest BCUT2D eigenvalue weighted by atomic mass is 9.99. The second-order valence-corrected chi connectivity index (χ2v) is 10.4. The van der Waals surface area contributed by atoms with E-state index >= 15 is 0 Å². The number of benzene rings is 2. The van der Waals surface area contributed by atoms with E-state index in [-0.39, 0.29) is 43.1 Å². The van der Waals surface area contributed by atoms with Crippen LogP contribution in [0.15, 0.2) is 42.5 Å². The van der Waals surface area contributed by atoms with Crippen molar-refractivity contribution >= 4 is 35.2 Å². The number of nitrogens with zero attached hydrogens (tertiary/aromatic N) is 3. The number of anilines is 2. The van der Waals surface area contributed by atoms with Crippen LogP contribution in [-0.2, 0) is 16.1 Å². The van der Waals surface area contributed by atoms with Crippen molar-refractivity contribution in [2.45, 2.75) is 51.9 Å². The highest BCUT2D eigenvalue weighted by Gasteiger charge is 2.35. The standard InChI is InChI=1S/C27H33N5O7/c1-27(2,3)39-25(34)29-13-12-28-24(33)18-8-9-22(23(16-18)32(36)37)30-14-10-20(11-15-30)31-21-7-5-4-6-19(21)17-38-26(31)35/h4-9,16,20H,10-15,17H2,1-3H3,(H,28,33)(H,29,34). The van der Waals surface area contributed by atoms with E-state index in [9.17, 15) is 24.5 Å². The van der Waals surface area contributed by atoms with Crippen molar-refractivity contribution in [3.05, 3.63) is 63.7 Å².